The number of methoxy groups -OCH3 is 1. The van der Waals surface area contributed by atoms with Crippen LogP contribution in [0, 0.1) is 0 Å². The van der Waals surface area contributed by atoms with Gasteiger partial charge in [0.15, 0.2) is 12.3 Å². The maximum absolute atomic E-state index is 13.0. The molecule has 0 aliphatic rings. The molecule has 5 N–H and O–H groups in total. The van der Waals surface area contributed by atoms with Crippen molar-refractivity contribution in [3.8, 4) is 5.75 Å². The molecule has 2 aromatic rings. The number of halogens is 1. The highest BCUT2D eigenvalue weighted by Gasteiger charge is 2.25. The number of H-pyrrole nitrogens is 1. The fraction of sp³-hybridized carbons (Fsp3) is 0.429. The van der Waals surface area contributed by atoms with E-state index in [1.165, 1.54) is 23.8 Å². The Labute approximate surface area is 195 Å². The zero-order valence-electron chi connectivity index (χ0n) is 18.8. The fourth-order valence-corrected chi connectivity index (χ4v) is 3.31. The van der Waals surface area contributed by atoms with E-state index in [0.717, 1.165) is 11.3 Å². The molecular weight excluding hydrogens is 454 g/mol. The van der Waals surface area contributed by atoms with Crippen LogP contribution >= 0.6 is 11.6 Å². The molecule has 1 amide bonds. The van der Waals surface area contributed by atoms with Crippen LogP contribution in [-0.4, -0.2) is 41.7 Å². The average Bonchev–Trinajstić information content (AvgIpc) is 2.78. The van der Waals surface area contributed by atoms with Gasteiger partial charge in [0, 0.05) is 19.2 Å². The average molecular weight is 482 g/mol. The second-order valence-corrected chi connectivity index (χ2v) is 7.60. The van der Waals surface area contributed by atoms with Crippen LogP contribution < -0.4 is 32.4 Å². The monoisotopic (exact) mass is 481 g/mol. The molecule has 0 saturated carbocycles. The van der Waals surface area contributed by atoms with Crippen LogP contribution in [0.25, 0.3) is 0 Å². The Morgan fingerprint density at radius 3 is 2.48 bits per heavy atom. The first kappa shape index (κ1) is 25.8. The maximum atomic E-state index is 13.0. The molecule has 0 spiro atoms. The number of nitrogens with zero attached hydrogens (tertiary/aromatic N) is 2. The van der Waals surface area contributed by atoms with Crippen LogP contribution in [0.3, 0.4) is 0 Å². The third-order valence-corrected chi connectivity index (χ3v) is 5.16. The van der Waals surface area contributed by atoms with Crippen molar-refractivity contribution in [2.75, 3.05) is 36.6 Å². The molecule has 0 fully saturated rings. The van der Waals surface area contributed by atoms with E-state index in [1.807, 2.05) is 13.8 Å². The molecule has 11 nitrogen and oxygen atoms in total. The summed E-state index contributed by atoms with van der Waals surface area (Å²) in [5, 5.41) is 0.121. The number of rotatable bonds is 10. The minimum absolute atomic E-state index is 0.0153. The highest BCUT2D eigenvalue weighted by atomic mass is 35.5. The number of aromatic nitrogens is 2. The summed E-state index contributed by atoms with van der Waals surface area (Å²) in [5.74, 6) is -1.55. The summed E-state index contributed by atoms with van der Waals surface area (Å²) in [5.41, 5.74) is 10.4. The number of nitrogens with two attached hydrogens (primary N) is 2. The quantitative estimate of drug-likeness (QED) is 0.341. The number of hydrogen-bond acceptors (Lipinski definition) is 8. The molecule has 2 rings (SSSR count). The molecule has 0 bridgehead atoms. The van der Waals surface area contributed by atoms with Gasteiger partial charge in [-0.25, -0.2) is 9.59 Å². The van der Waals surface area contributed by atoms with E-state index in [1.54, 1.807) is 0 Å². The third kappa shape index (κ3) is 5.86. The van der Waals surface area contributed by atoms with Crippen molar-refractivity contribution in [3.63, 3.8) is 0 Å². The maximum Gasteiger partial charge on any atom is 0.342 e. The number of ether oxygens (including phenoxy) is 2. The van der Waals surface area contributed by atoms with Gasteiger partial charge in [-0.05, 0) is 18.9 Å². The zero-order chi connectivity index (χ0) is 24.7. The van der Waals surface area contributed by atoms with Gasteiger partial charge in [-0.3, -0.25) is 19.1 Å². The van der Waals surface area contributed by atoms with Gasteiger partial charge >= 0.3 is 11.7 Å². The minimum atomic E-state index is -0.865. The number of hydrogen-bond donors (Lipinski definition) is 3. The molecular formula is C21H28ClN5O6. The summed E-state index contributed by atoms with van der Waals surface area (Å²) in [6.45, 7) is 3.47. The molecule has 33 heavy (non-hydrogen) atoms. The number of anilines is 3. The van der Waals surface area contributed by atoms with Gasteiger partial charge in [0.25, 0.3) is 11.5 Å². The molecule has 0 radical (unpaired) electrons. The third-order valence-electron chi connectivity index (χ3n) is 4.83. The van der Waals surface area contributed by atoms with Crippen LogP contribution in [0.4, 0.5) is 17.2 Å². The standard InChI is InChI=1S/C21H28ClN5O6/c1-4-6-8-26(17-18(24)27(7-5-2)21(31)25-19(17)29)16(28)11-33-20(30)12-9-13(22)14(23)10-15(12)32-3/h9-10H,4-8,11,23-24H2,1-3H3,(H,25,29,31). The molecule has 1 aromatic carbocycles. The van der Waals surface area contributed by atoms with E-state index in [0.29, 0.717) is 12.8 Å². The minimum Gasteiger partial charge on any atom is -0.496 e. The summed E-state index contributed by atoms with van der Waals surface area (Å²) in [6, 6.07) is 2.65. The summed E-state index contributed by atoms with van der Waals surface area (Å²) >= 11 is 5.98. The van der Waals surface area contributed by atoms with Crippen molar-refractivity contribution in [2.24, 2.45) is 0 Å². The van der Waals surface area contributed by atoms with Crippen LogP contribution in [0.1, 0.15) is 43.5 Å². The van der Waals surface area contributed by atoms with Gasteiger partial charge in [0.1, 0.15) is 17.1 Å². The Morgan fingerprint density at radius 2 is 1.88 bits per heavy atom. The second-order valence-electron chi connectivity index (χ2n) is 7.19. The number of unbranched alkanes of at least 4 members (excludes halogenated alkanes) is 1. The van der Waals surface area contributed by atoms with Crippen molar-refractivity contribution in [3.05, 3.63) is 43.6 Å². The summed E-state index contributed by atoms with van der Waals surface area (Å²) in [6.07, 6.45) is 1.85. The van der Waals surface area contributed by atoms with Crippen LogP contribution in [0.2, 0.25) is 5.02 Å². The molecule has 12 heteroatoms. The zero-order valence-corrected chi connectivity index (χ0v) is 19.5. The number of nitrogen functional groups attached to an aromatic ring is 2. The largest absolute Gasteiger partial charge is 0.496 e. The number of carbonyl (C=O) groups excluding carboxylic acids is 2. The van der Waals surface area contributed by atoms with E-state index in [2.05, 4.69) is 4.98 Å². The van der Waals surface area contributed by atoms with Gasteiger partial charge in [-0.15, -0.1) is 0 Å². The second kappa shape index (κ2) is 11.4. The summed E-state index contributed by atoms with van der Waals surface area (Å²) < 4.78 is 11.5. The van der Waals surface area contributed by atoms with Crippen LogP contribution in [-0.2, 0) is 16.1 Å². The summed E-state index contributed by atoms with van der Waals surface area (Å²) in [7, 11) is 1.34. The SMILES string of the molecule is CCCCN(C(=O)COC(=O)c1cc(Cl)c(N)cc1OC)c1c(N)n(CCC)c(=O)[nH]c1=O. The molecule has 0 aliphatic carbocycles. The lowest BCUT2D eigenvalue weighted by molar-refractivity contribution is -0.121. The molecule has 0 saturated heterocycles. The first-order valence-electron chi connectivity index (χ1n) is 10.4. The van der Waals surface area contributed by atoms with Gasteiger partial charge < -0.3 is 25.8 Å². The van der Waals surface area contributed by atoms with Crippen LogP contribution in [0.5, 0.6) is 5.75 Å². The van der Waals surface area contributed by atoms with E-state index >= 15 is 0 Å². The van der Waals surface area contributed by atoms with Crippen LogP contribution in [0.15, 0.2) is 21.7 Å². The molecule has 180 valence electrons. The molecule has 0 aliphatic heterocycles. The molecule has 1 aromatic heterocycles. The van der Waals surface area contributed by atoms with Gasteiger partial charge in [-0.2, -0.15) is 0 Å². The van der Waals surface area contributed by atoms with Crippen molar-refractivity contribution < 1.29 is 19.1 Å². The predicted molar refractivity (Wildman–Crippen MR) is 126 cm³/mol. The Kier molecular flexibility index (Phi) is 8.92. The first-order chi connectivity index (χ1) is 15.7. The van der Waals surface area contributed by atoms with E-state index in [9.17, 15) is 19.2 Å². The highest BCUT2D eigenvalue weighted by molar-refractivity contribution is 6.33. The van der Waals surface area contributed by atoms with Gasteiger partial charge in [0.05, 0.1) is 17.8 Å². The van der Waals surface area contributed by atoms with Gasteiger partial charge in [0.2, 0.25) is 0 Å². The highest BCUT2D eigenvalue weighted by Crippen LogP contribution is 2.29. The predicted octanol–water partition coefficient (Wildman–Crippen LogP) is 1.76. The fourth-order valence-electron chi connectivity index (χ4n) is 3.14. The molecule has 0 unspecified atom stereocenters. The van der Waals surface area contributed by atoms with E-state index in [4.69, 9.17) is 32.5 Å². The first-order valence-corrected chi connectivity index (χ1v) is 10.8. The topological polar surface area (TPSA) is 163 Å². The van der Waals surface area contributed by atoms with E-state index in [-0.39, 0.29) is 46.6 Å². The Hall–Kier alpha value is -3.47. The lowest BCUT2D eigenvalue weighted by Crippen LogP contribution is -2.43. The normalized spacial score (nSPS) is 10.7. The Morgan fingerprint density at radius 1 is 1.18 bits per heavy atom. The smallest absolute Gasteiger partial charge is 0.342 e. The number of nitrogens with one attached hydrogen (secondary N) is 1. The molecule has 1 heterocycles. The number of benzene rings is 1. The Balaban J connectivity index is 2.34. The Bertz CT molecular complexity index is 1140. The van der Waals surface area contributed by atoms with Crippen molar-refractivity contribution in [2.45, 2.75) is 39.7 Å². The summed E-state index contributed by atoms with van der Waals surface area (Å²) in [4.78, 5) is 53.5. The van der Waals surface area contributed by atoms with Gasteiger partial charge in [-0.1, -0.05) is 31.9 Å². The number of esters is 1. The lowest BCUT2D eigenvalue weighted by Gasteiger charge is -2.24. The van der Waals surface area contributed by atoms with Crippen molar-refractivity contribution in [1.82, 2.24) is 9.55 Å². The van der Waals surface area contributed by atoms with E-state index < -0.39 is 29.7 Å². The number of aromatic amines is 1. The molecule has 0 atom stereocenters. The lowest BCUT2D eigenvalue weighted by atomic mass is 10.2. The number of amides is 1. The van der Waals surface area contributed by atoms with Crippen molar-refractivity contribution in [1.29, 1.82) is 0 Å². The number of carbonyl (C=O) groups is 2. The van der Waals surface area contributed by atoms with Crippen molar-refractivity contribution >= 4 is 40.7 Å².